The van der Waals surface area contributed by atoms with Crippen molar-refractivity contribution in [2.24, 2.45) is 22.9 Å². The van der Waals surface area contributed by atoms with Gasteiger partial charge in [0.1, 0.15) is 29.9 Å². The first-order valence-corrected chi connectivity index (χ1v) is 22.6. The van der Waals surface area contributed by atoms with E-state index < -0.39 is 17.7 Å². The first-order chi connectivity index (χ1) is 30.7. The molecule has 1 aliphatic heterocycles. The number of ether oxygens (including phenoxy) is 3. The van der Waals surface area contributed by atoms with Gasteiger partial charge in [-0.1, -0.05) is 73.5 Å². The lowest BCUT2D eigenvalue weighted by molar-refractivity contribution is -0.254. The number of amides is 1. The van der Waals surface area contributed by atoms with E-state index in [1.165, 1.54) is 5.56 Å². The lowest BCUT2D eigenvalue weighted by Gasteiger charge is -2.60. The molecule has 2 N–H and O–H groups in total. The third-order valence-electron chi connectivity index (χ3n) is 13.0. The molecule has 1 fully saturated rings. The fraction of sp³-hybridized carbons (Fsp3) is 0.415. The number of nitriles is 1. The maximum atomic E-state index is 15.0. The number of carbonyl (C=O) groups is 1. The Labute approximate surface area is 372 Å². The molecule has 7 rings (SSSR count). The van der Waals surface area contributed by atoms with Crippen LogP contribution in [0, 0.1) is 42.9 Å². The number of aryl methyl sites for hydroxylation is 2. The van der Waals surface area contributed by atoms with E-state index in [1.807, 2.05) is 66.4 Å². The summed E-state index contributed by atoms with van der Waals surface area (Å²) < 4.78 is 21.2. The van der Waals surface area contributed by atoms with Crippen molar-refractivity contribution in [2.75, 3.05) is 26.4 Å². The molecule has 0 spiro atoms. The third-order valence-corrected chi connectivity index (χ3v) is 13.0. The van der Waals surface area contributed by atoms with Crippen LogP contribution in [0.5, 0.6) is 17.2 Å². The van der Waals surface area contributed by atoms with Crippen LogP contribution in [0.1, 0.15) is 102 Å². The maximum Gasteiger partial charge on any atom is 0.254 e. The summed E-state index contributed by atoms with van der Waals surface area (Å²) in [4.78, 5) is 23.1. The molecule has 1 heterocycles. The second kappa shape index (κ2) is 21.1. The van der Waals surface area contributed by atoms with Crippen LogP contribution in [-0.4, -0.2) is 64.9 Å². The van der Waals surface area contributed by atoms with Crippen LogP contribution in [0.4, 0.5) is 0 Å². The minimum atomic E-state index is -1.39. The zero-order chi connectivity index (χ0) is 44.3. The first-order valence-electron chi connectivity index (χ1n) is 22.6. The molecule has 4 aromatic carbocycles. The van der Waals surface area contributed by atoms with E-state index in [4.69, 9.17) is 24.2 Å². The lowest BCUT2D eigenvalue weighted by Crippen LogP contribution is -2.70. The quantitative estimate of drug-likeness (QED) is 0.0510. The highest BCUT2D eigenvalue weighted by Crippen LogP contribution is 2.62. The number of aliphatic hydroxyl groups is 2. The summed E-state index contributed by atoms with van der Waals surface area (Å²) in [7, 11) is 0. The van der Waals surface area contributed by atoms with Crippen LogP contribution in [0.25, 0.3) is 0 Å². The number of allylic oxidation sites excluding steroid dienone is 1. The highest BCUT2D eigenvalue weighted by atomic mass is 16.7. The topological polar surface area (TPSA) is 134 Å². The molecule has 10 nitrogen and oxygen atoms in total. The van der Waals surface area contributed by atoms with Crippen LogP contribution in [0.15, 0.2) is 120 Å². The number of rotatable bonds is 20. The van der Waals surface area contributed by atoms with Crippen molar-refractivity contribution >= 4 is 11.6 Å². The Kier molecular flexibility index (Phi) is 15.2. The highest BCUT2D eigenvalue weighted by molar-refractivity contribution is 6.03. The summed E-state index contributed by atoms with van der Waals surface area (Å²) >= 11 is 0. The van der Waals surface area contributed by atoms with Crippen molar-refractivity contribution in [3.8, 4) is 23.3 Å². The van der Waals surface area contributed by atoms with Gasteiger partial charge in [0.15, 0.2) is 0 Å². The van der Waals surface area contributed by atoms with Crippen LogP contribution in [0.3, 0.4) is 0 Å². The van der Waals surface area contributed by atoms with Crippen LogP contribution < -0.4 is 9.47 Å². The normalized spacial score (nSPS) is 22.8. The standard InChI is InChI=1S/C53H61N3O7/c1-5-26-56(52(59)40-21-19-38(34-54)20-22-40)49-33-47(55-61-35-39-14-8-7-9-15-39)45-31-41(16-10-12-27-57)44(17-11-13-28-58)50-46-32-43(62-42-23-18-36(3)37(4)30-42)24-25-48(46)63-53(49,51(45)50)60-29-6-2/h6-9,14-15,18-25,30-32,41,44,49-51,57-58H,2,5,10-13,16-17,26-29,33,35H2,1,3-4H3. The van der Waals surface area contributed by atoms with Gasteiger partial charge in [-0.05, 0) is 135 Å². The Morgan fingerprint density at radius 3 is 2.38 bits per heavy atom. The number of unbranched alkanes of at least 4 members (excludes halogenated alkanes) is 2. The zero-order valence-corrected chi connectivity index (χ0v) is 36.9. The summed E-state index contributed by atoms with van der Waals surface area (Å²) in [6.07, 6.45) is 9.67. The summed E-state index contributed by atoms with van der Waals surface area (Å²) in [5.41, 5.74) is 6.90. The molecule has 3 aliphatic rings. The Morgan fingerprint density at radius 1 is 0.952 bits per heavy atom. The van der Waals surface area contributed by atoms with Gasteiger partial charge in [0, 0.05) is 43.2 Å². The second-order valence-corrected chi connectivity index (χ2v) is 17.1. The molecule has 10 heteroatoms. The highest BCUT2D eigenvalue weighted by Gasteiger charge is 2.65. The van der Waals surface area contributed by atoms with Crippen molar-refractivity contribution in [1.29, 1.82) is 5.26 Å². The summed E-state index contributed by atoms with van der Waals surface area (Å²) in [6.45, 7) is 11.3. The van der Waals surface area contributed by atoms with E-state index >= 15 is 0 Å². The Morgan fingerprint density at radius 2 is 1.68 bits per heavy atom. The fourth-order valence-electron chi connectivity index (χ4n) is 9.88. The number of aliphatic hydroxyl groups excluding tert-OH is 2. The van der Waals surface area contributed by atoms with Crippen LogP contribution in [0.2, 0.25) is 0 Å². The first kappa shape index (κ1) is 45.3. The molecule has 330 valence electrons. The van der Waals surface area contributed by atoms with Gasteiger partial charge in [-0.3, -0.25) is 4.79 Å². The molecule has 1 saturated carbocycles. The molecular weight excluding hydrogens is 791 g/mol. The van der Waals surface area contributed by atoms with Crippen LogP contribution in [-0.2, 0) is 16.2 Å². The third kappa shape index (κ3) is 9.92. The van der Waals surface area contributed by atoms with E-state index in [-0.39, 0.29) is 56.5 Å². The van der Waals surface area contributed by atoms with Gasteiger partial charge in [0.25, 0.3) is 5.91 Å². The molecule has 2 aliphatic carbocycles. The summed E-state index contributed by atoms with van der Waals surface area (Å²) in [5, 5.41) is 34.5. The maximum absolute atomic E-state index is 15.0. The lowest BCUT2D eigenvalue weighted by atomic mass is 9.55. The summed E-state index contributed by atoms with van der Waals surface area (Å²) in [6, 6.07) is 30.3. The van der Waals surface area contributed by atoms with Gasteiger partial charge in [-0.25, -0.2) is 0 Å². The molecule has 0 aromatic heterocycles. The number of nitrogens with zero attached hydrogens (tertiary/aromatic N) is 3. The fourth-order valence-corrected chi connectivity index (χ4v) is 9.88. The number of oxime groups is 1. The molecule has 63 heavy (non-hydrogen) atoms. The van der Waals surface area contributed by atoms with Gasteiger partial charge in [-0.15, -0.1) is 6.58 Å². The second-order valence-electron chi connectivity index (χ2n) is 17.1. The zero-order valence-electron chi connectivity index (χ0n) is 36.9. The molecular formula is C53H61N3O7. The van der Waals surface area contributed by atoms with Gasteiger partial charge < -0.3 is 34.2 Å². The van der Waals surface area contributed by atoms with Gasteiger partial charge in [0.2, 0.25) is 5.79 Å². The molecule has 0 bridgehead atoms. The Bertz CT molecular complexity index is 2300. The molecule has 6 unspecified atom stereocenters. The number of benzene rings is 4. The van der Waals surface area contributed by atoms with Crippen molar-refractivity contribution in [1.82, 2.24) is 4.90 Å². The predicted molar refractivity (Wildman–Crippen MR) is 245 cm³/mol. The van der Waals surface area contributed by atoms with Crippen molar-refractivity contribution in [3.05, 3.63) is 149 Å². The minimum absolute atomic E-state index is 0.0642. The van der Waals surface area contributed by atoms with E-state index in [1.54, 1.807) is 30.3 Å². The molecule has 0 radical (unpaired) electrons. The minimum Gasteiger partial charge on any atom is -0.459 e. The molecule has 4 aromatic rings. The number of fused-ring (bicyclic) bond motifs is 2. The predicted octanol–water partition coefficient (Wildman–Crippen LogP) is 10.4. The number of hydrogen-bond donors (Lipinski definition) is 2. The molecule has 0 saturated heterocycles. The number of hydrogen-bond acceptors (Lipinski definition) is 9. The average Bonchev–Trinajstić information content (AvgIpc) is 3.30. The largest absolute Gasteiger partial charge is 0.459 e. The summed E-state index contributed by atoms with van der Waals surface area (Å²) in [5.74, 6) is -0.0303. The molecule has 1 amide bonds. The van der Waals surface area contributed by atoms with E-state index in [0.717, 1.165) is 59.4 Å². The van der Waals surface area contributed by atoms with Gasteiger partial charge in [-0.2, -0.15) is 5.26 Å². The van der Waals surface area contributed by atoms with E-state index in [2.05, 4.69) is 44.7 Å². The van der Waals surface area contributed by atoms with Crippen molar-refractivity contribution in [3.63, 3.8) is 0 Å². The Hall–Kier alpha value is -5.73. The smallest absolute Gasteiger partial charge is 0.254 e. The monoisotopic (exact) mass is 851 g/mol. The molecule has 6 atom stereocenters. The van der Waals surface area contributed by atoms with E-state index in [0.29, 0.717) is 48.4 Å². The van der Waals surface area contributed by atoms with E-state index in [9.17, 15) is 20.3 Å². The Balaban J connectivity index is 1.45. The van der Waals surface area contributed by atoms with Crippen molar-refractivity contribution in [2.45, 2.75) is 96.5 Å². The average molecular weight is 852 g/mol. The van der Waals surface area contributed by atoms with Gasteiger partial charge >= 0.3 is 0 Å². The van der Waals surface area contributed by atoms with Crippen molar-refractivity contribution < 1.29 is 34.1 Å². The van der Waals surface area contributed by atoms with Gasteiger partial charge in [0.05, 0.1) is 29.9 Å². The SMILES string of the molecule is C=CCOC12Oc3ccc(Oc4ccc(C)c(C)c4)cc3C3C(CCCCO)C(CCCCO)C=C(C(=NOCc4ccccc4)CC1N(CCC)C(=O)c1ccc(C#N)cc1)C32. The van der Waals surface area contributed by atoms with Crippen LogP contribution >= 0.6 is 0 Å². The number of carbonyl (C=O) groups excluding carboxylic acids is 1.